The van der Waals surface area contributed by atoms with Gasteiger partial charge in [-0.3, -0.25) is 14.5 Å². The third-order valence-corrected chi connectivity index (χ3v) is 6.69. The molecule has 0 aliphatic carbocycles. The molecule has 0 bridgehead atoms. The van der Waals surface area contributed by atoms with Crippen molar-refractivity contribution in [2.45, 2.75) is 19.4 Å². The first-order valence-electron chi connectivity index (χ1n) is 12.5. The zero-order chi connectivity index (χ0) is 26.4. The predicted molar refractivity (Wildman–Crippen MR) is 138 cm³/mol. The molecule has 37 heavy (non-hydrogen) atoms. The van der Waals surface area contributed by atoms with Crippen LogP contribution in [-0.4, -0.2) is 86.8 Å². The van der Waals surface area contributed by atoms with Crippen molar-refractivity contribution in [3.63, 3.8) is 0 Å². The quantitative estimate of drug-likeness (QED) is 0.296. The summed E-state index contributed by atoms with van der Waals surface area (Å²) in [5, 5.41) is 11.3. The van der Waals surface area contributed by atoms with Crippen molar-refractivity contribution in [2.75, 3.05) is 60.2 Å². The molecule has 2 aliphatic rings. The van der Waals surface area contributed by atoms with Gasteiger partial charge in [-0.05, 0) is 55.8 Å². The van der Waals surface area contributed by atoms with Gasteiger partial charge in [-0.1, -0.05) is 0 Å². The number of aliphatic hydroxyl groups excluding tert-OH is 1. The number of likely N-dealkylation sites (tertiary alicyclic amines) is 1. The van der Waals surface area contributed by atoms with E-state index in [1.165, 1.54) is 12.0 Å². The van der Waals surface area contributed by atoms with Gasteiger partial charge in [0.15, 0.2) is 0 Å². The number of aliphatic hydroxyl groups is 1. The van der Waals surface area contributed by atoms with E-state index in [2.05, 4.69) is 4.90 Å². The fourth-order valence-electron chi connectivity index (χ4n) is 4.81. The van der Waals surface area contributed by atoms with Gasteiger partial charge >= 0.3 is 0 Å². The Labute approximate surface area is 217 Å². The standard InChI is InChI=1S/C28H34N2O7/c1-4-37-20-8-6-19(7-9-20)26(31)24-25(22-18-21(34-2)10-11-23(22)35-3)30(28(33)27(24)32)13-5-12-29-14-16-36-17-15-29/h6-11,18,25,31H,4-5,12-17H2,1-3H3/t25-/m1/s1. The van der Waals surface area contributed by atoms with Crippen LogP contribution in [-0.2, 0) is 14.3 Å². The van der Waals surface area contributed by atoms with E-state index in [9.17, 15) is 14.7 Å². The molecule has 1 atom stereocenters. The topological polar surface area (TPSA) is 97.8 Å². The Kier molecular flexibility index (Phi) is 8.68. The summed E-state index contributed by atoms with van der Waals surface area (Å²) in [7, 11) is 3.08. The largest absolute Gasteiger partial charge is 0.507 e. The second-order valence-electron chi connectivity index (χ2n) is 8.87. The molecular formula is C28H34N2O7. The third-order valence-electron chi connectivity index (χ3n) is 6.69. The maximum Gasteiger partial charge on any atom is 0.295 e. The lowest BCUT2D eigenvalue weighted by Crippen LogP contribution is -2.39. The fourth-order valence-corrected chi connectivity index (χ4v) is 4.81. The van der Waals surface area contributed by atoms with Crippen LogP contribution in [0.5, 0.6) is 17.2 Å². The molecule has 0 radical (unpaired) electrons. The molecule has 9 nitrogen and oxygen atoms in total. The molecule has 4 rings (SSSR count). The molecule has 2 aromatic rings. The van der Waals surface area contributed by atoms with E-state index in [4.69, 9.17) is 18.9 Å². The highest BCUT2D eigenvalue weighted by molar-refractivity contribution is 6.46. The maximum atomic E-state index is 13.4. The zero-order valence-corrected chi connectivity index (χ0v) is 21.6. The summed E-state index contributed by atoms with van der Waals surface area (Å²) in [6.45, 7) is 6.56. The normalized spacial score (nSPS) is 19.8. The molecule has 0 aromatic heterocycles. The Morgan fingerprint density at radius 3 is 2.35 bits per heavy atom. The van der Waals surface area contributed by atoms with Gasteiger partial charge in [0.2, 0.25) is 0 Å². The number of nitrogens with zero attached hydrogens (tertiary/aromatic N) is 2. The fraction of sp³-hybridized carbons (Fsp3) is 0.429. The molecule has 0 saturated carbocycles. The summed E-state index contributed by atoms with van der Waals surface area (Å²) in [5.41, 5.74) is 1.01. The number of hydrogen-bond acceptors (Lipinski definition) is 8. The van der Waals surface area contributed by atoms with Gasteiger partial charge in [0, 0.05) is 37.3 Å². The van der Waals surface area contributed by atoms with Gasteiger partial charge in [-0.25, -0.2) is 0 Å². The van der Waals surface area contributed by atoms with E-state index < -0.39 is 17.7 Å². The van der Waals surface area contributed by atoms with E-state index >= 15 is 0 Å². The molecule has 0 unspecified atom stereocenters. The number of carbonyl (C=O) groups excluding carboxylic acids is 2. The highest BCUT2D eigenvalue weighted by atomic mass is 16.5. The Bertz CT molecular complexity index is 1140. The van der Waals surface area contributed by atoms with Crippen LogP contribution in [0, 0.1) is 0 Å². The Morgan fingerprint density at radius 2 is 1.70 bits per heavy atom. The SMILES string of the molecule is CCOc1ccc(C(O)=C2C(=O)C(=O)N(CCCN3CCOCC3)[C@@H]2c2cc(OC)ccc2OC)cc1. The summed E-state index contributed by atoms with van der Waals surface area (Å²) < 4.78 is 21.9. The number of ether oxygens (including phenoxy) is 4. The average Bonchev–Trinajstić information content (AvgIpc) is 3.18. The Hall–Kier alpha value is -3.56. The zero-order valence-electron chi connectivity index (χ0n) is 21.6. The lowest BCUT2D eigenvalue weighted by molar-refractivity contribution is -0.140. The number of Topliss-reactive ketones (excluding diaryl/α,β-unsaturated/α-hetero) is 1. The number of benzene rings is 2. The minimum atomic E-state index is -0.832. The van der Waals surface area contributed by atoms with Crippen molar-refractivity contribution >= 4 is 17.4 Å². The molecule has 1 N–H and O–H groups in total. The Balaban J connectivity index is 1.73. The average molecular weight is 511 g/mol. The number of amides is 1. The lowest BCUT2D eigenvalue weighted by atomic mass is 9.94. The second-order valence-corrected chi connectivity index (χ2v) is 8.87. The number of carbonyl (C=O) groups is 2. The molecule has 2 aliphatic heterocycles. The van der Waals surface area contributed by atoms with E-state index in [0.717, 1.165) is 19.6 Å². The first-order chi connectivity index (χ1) is 18.0. The highest BCUT2D eigenvalue weighted by Gasteiger charge is 2.47. The summed E-state index contributed by atoms with van der Waals surface area (Å²) >= 11 is 0. The molecule has 1 amide bonds. The first-order valence-corrected chi connectivity index (χ1v) is 12.5. The molecular weight excluding hydrogens is 476 g/mol. The molecule has 9 heteroatoms. The van der Waals surface area contributed by atoms with Gasteiger partial charge in [-0.15, -0.1) is 0 Å². The minimum Gasteiger partial charge on any atom is -0.507 e. The number of hydrogen-bond donors (Lipinski definition) is 1. The van der Waals surface area contributed by atoms with Crippen LogP contribution < -0.4 is 14.2 Å². The van der Waals surface area contributed by atoms with Crippen molar-refractivity contribution in [2.24, 2.45) is 0 Å². The monoisotopic (exact) mass is 510 g/mol. The number of methoxy groups -OCH3 is 2. The number of rotatable bonds is 10. The summed E-state index contributed by atoms with van der Waals surface area (Å²) in [6.07, 6.45) is 0.666. The smallest absolute Gasteiger partial charge is 0.295 e. The lowest BCUT2D eigenvalue weighted by Gasteiger charge is -2.29. The maximum absolute atomic E-state index is 13.4. The van der Waals surface area contributed by atoms with Crippen molar-refractivity contribution in [1.29, 1.82) is 0 Å². The minimum absolute atomic E-state index is 0.0204. The van der Waals surface area contributed by atoms with Crippen LogP contribution in [0.2, 0.25) is 0 Å². The van der Waals surface area contributed by atoms with Gasteiger partial charge in [-0.2, -0.15) is 0 Å². The number of morpholine rings is 1. The van der Waals surface area contributed by atoms with Crippen molar-refractivity contribution in [1.82, 2.24) is 9.80 Å². The van der Waals surface area contributed by atoms with Crippen LogP contribution in [0.15, 0.2) is 48.0 Å². The number of ketones is 1. The molecule has 2 heterocycles. The van der Waals surface area contributed by atoms with Crippen molar-refractivity contribution in [3.05, 3.63) is 59.2 Å². The van der Waals surface area contributed by atoms with E-state index in [-0.39, 0.29) is 11.3 Å². The second kappa shape index (κ2) is 12.1. The summed E-state index contributed by atoms with van der Waals surface area (Å²) in [5.74, 6) is 0.0665. The third kappa shape index (κ3) is 5.73. The molecule has 0 spiro atoms. The van der Waals surface area contributed by atoms with Gasteiger partial charge < -0.3 is 29.0 Å². The summed E-state index contributed by atoms with van der Waals surface area (Å²) in [6, 6.07) is 11.2. The highest BCUT2D eigenvalue weighted by Crippen LogP contribution is 2.44. The van der Waals surface area contributed by atoms with Crippen LogP contribution >= 0.6 is 0 Å². The van der Waals surface area contributed by atoms with Crippen LogP contribution in [0.4, 0.5) is 0 Å². The first kappa shape index (κ1) is 26.5. The van der Waals surface area contributed by atoms with E-state index in [0.29, 0.717) is 61.2 Å². The van der Waals surface area contributed by atoms with Gasteiger partial charge in [0.1, 0.15) is 23.0 Å². The molecule has 198 valence electrons. The van der Waals surface area contributed by atoms with E-state index in [1.54, 1.807) is 49.6 Å². The van der Waals surface area contributed by atoms with Gasteiger partial charge in [0.05, 0.1) is 45.7 Å². The van der Waals surface area contributed by atoms with Gasteiger partial charge in [0.25, 0.3) is 11.7 Å². The molecule has 2 aromatic carbocycles. The molecule has 2 fully saturated rings. The van der Waals surface area contributed by atoms with Crippen LogP contribution in [0.3, 0.4) is 0 Å². The van der Waals surface area contributed by atoms with Crippen molar-refractivity contribution < 1.29 is 33.6 Å². The van der Waals surface area contributed by atoms with Crippen LogP contribution in [0.25, 0.3) is 5.76 Å². The predicted octanol–water partition coefficient (Wildman–Crippen LogP) is 3.25. The Morgan fingerprint density at radius 1 is 1.00 bits per heavy atom. The van der Waals surface area contributed by atoms with Crippen LogP contribution in [0.1, 0.15) is 30.5 Å². The van der Waals surface area contributed by atoms with Crippen molar-refractivity contribution in [3.8, 4) is 17.2 Å². The molecule has 2 saturated heterocycles. The summed E-state index contributed by atoms with van der Waals surface area (Å²) in [4.78, 5) is 30.5. The van der Waals surface area contributed by atoms with E-state index in [1.807, 2.05) is 6.92 Å².